The molecular weight excluding hydrogens is 466 g/mol. The summed E-state index contributed by atoms with van der Waals surface area (Å²) in [4.78, 5) is 14.6. The lowest BCUT2D eigenvalue weighted by Crippen LogP contribution is -2.31. The third kappa shape index (κ3) is 5.43. The fraction of sp³-hybridized carbons (Fsp3) is 0.261. The molecule has 174 valence electrons. The zero-order chi connectivity index (χ0) is 23.4. The summed E-state index contributed by atoms with van der Waals surface area (Å²) in [5.74, 6) is 0.120. The molecule has 0 unspecified atom stereocenters. The van der Waals surface area contributed by atoms with Crippen LogP contribution in [0.5, 0.6) is 5.75 Å². The number of furan rings is 1. The van der Waals surface area contributed by atoms with Crippen LogP contribution in [-0.4, -0.2) is 34.5 Å². The molecule has 2 aromatic carbocycles. The molecule has 0 radical (unpaired) electrons. The number of hydrogen-bond acceptors (Lipinski definition) is 6. The van der Waals surface area contributed by atoms with Crippen LogP contribution in [-0.2, 0) is 10.0 Å². The highest BCUT2D eigenvalue weighted by molar-refractivity contribution is 7.92. The van der Waals surface area contributed by atoms with Crippen LogP contribution in [0.4, 0.5) is 17.1 Å². The second-order valence-corrected chi connectivity index (χ2v) is 9.65. The number of nitrogens with one attached hydrogen (secondary N) is 2. The van der Waals surface area contributed by atoms with E-state index in [1.54, 1.807) is 43.5 Å². The van der Waals surface area contributed by atoms with Gasteiger partial charge in [0.05, 0.1) is 12.8 Å². The molecular formula is C23H24ClN3O5S. The van der Waals surface area contributed by atoms with Crippen LogP contribution >= 0.6 is 11.6 Å². The highest BCUT2D eigenvalue weighted by Gasteiger charge is 2.25. The van der Waals surface area contributed by atoms with Crippen molar-refractivity contribution < 1.29 is 22.4 Å². The Morgan fingerprint density at radius 3 is 2.33 bits per heavy atom. The van der Waals surface area contributed by atoms with Gasteiger partial charge in [0.25, 0.3) is 15.9 Å². The summed E-state index contributed by atoms with van der Waals surface area (Å²) in [6.45, 7) is 1.53. The maximum Gasteiger partial charge on any atom is 0.291 e. The van der Waals surface area contributed by atoms with E-state index in [0.29, 0.717) is 22.8 Å². The molecule has 1 aliphatic rings. The number of hydrogen-bond donors (Lipinski definition) is 2. The van der Waals surface area contributed by atoms with Gasteiger partial charge in [0.15, 0.2) is 11.0 Å². The molecule has 33 heavy (non-hydrogen) atoms. The van der Waals surface area contributed by atoms with Crippen molar-refractivity contribution in [1.82, 2.24) is 0 Å². The van der Waals surface area contributed by atoms with E-state index in [1.165, 1.54) is 18.2 Å². The number of amides is 1. The van der Waals surface area contributed by atoms with Gasteiger partial charge in [-0.1, -0.05) is 0 Å². The minimum atomic E-state index is -3.96. The van der Waals surface area contributed by atoms with Crippen LogP contribution in [0.3, 0.4) is 0 Å². The summed E-state index contributed by atoms with van der Waals surface area (Å²) >= 11 is 5.75. The Balaban J connectivity index is 1.67. The Kier molecular flexibility index (Phi) is 6.80. The predicted molar refractivity (Wildman–Crippen MR) is 128 cm³/mol. The number of piperidine rings is 1. The Hall–Kier alpha value is -3.17. The van der Waals surface area contributed by atoms with Crippen LogP contribution in [0, 0.1) is 0 Å². The minimum absolute atomic E-state index is 0.0286. The smallest absolute Gasteiger partial charge is 0.291 e. The fourth-order valence-electron chi connectivity index (χ4n) is 3.70. The normalized spacial score (nSPS) is 14.1. The van der Waals surface area contributed by atoms with Crippen LogP contribution < -0.4 is 19.7 Å². The van der Waals surface area contributed by atoms with Gasteiger partial charge in [-0.15, -0.1) is 0 Å². The molecule has 8 nitrogen and oxygen atoms in total. The largest absolute Gasteiger partial charge is 0.497 e. The topological polar surface area (TPSA) is 101 Å². The molecule has 1 amide bonds. The molecule has 0 spiro atoms. The van der Waals surface area contributed by atoms with E-state index >= 15 is 0 Å². The van der Waals surface area contributed by atoms with Gasteiger partial charge in [0.2, 0.25) is 0 Å². The highest BCUT2D eigenvalue weighted by atomic mass is 35.5. The van der Waals surface area contributed by atoms with Gasteiger partial charge >= 0.3 is 0 Å². The van der Waals surface area contributed by atoms with E-state index in [9.17, 15) is 13.2 Å². The molecule has 0 saturated carbocycles. The Morgan fingerprint density at radius 1 is 1.00 bits per heavy atom. The fourth-order valence-corrected chi connectivity index (χ4v) is 5.16. The summed E-state index contributed by atoms with van der Waals surface area (Å²) in [5, 5.41) is 2.76. The third-order valence-corrected chi connectivity index (χ3v) is 6.96. The summed E-state index contributed by atoms with van der Waals surface area (Å²) in [5.41, 5.74) is 1.32. The van der Waals surface area contributed by atoms with Crippen LogP contribution in [0.15, 0.2) is 63.9 Å². The number of carbonyl (C=O) groups excluding carboxylic acids is 1. The number of nitrogens with zero attached hydrogens (tertiary/aromatic N) is 1. The van der Waals surface area contributed by atoms with Crippen LogP contribution in [0.25, 0.3) is 0 Å². The maximum absolute atomic E-state index is 13.4. The number of benzene rings is 2. The first-order chi connectivity index (χ1) is 15.9. The minimum Gasteiger partial charge on any atom is -0.497 e. The monoisotopic (exact) mass is 489 g/mol. The Bertz CT molecular complexity index is 1240. The average molecular weight is 490 g/mol. The van der Waals surface area contributed by atoms with Gasteiger partial charge in [-0.3, -0.25) is 9.52 Å². The van der Waals surface area contributed by atoms with Crippen molar-refractivity contribution in [2.45, 2.75) is 24.2 Å². The van der Waals surface area contributed by atoms with Crippen LogP contribution in [0.2, 0.25) is 5.22 Å². The molecule has 2 N–H and O–H groups in total. The number of methoxy groups -OCH3 is 1. The SMILES string of the molecule is COc1ccc(NS(=O)(=O)c2cc(NC(=O)c3ccc(Cl)o3)ccc2N2CCCCC2)cc1. The molecule has 1 aliphatic heterocycles. The molecule has 0 atom stereocenters. The average Bonchev–Trinajstić information content (AvgIpc) is 3.26. The molecule has 0 bridgehead atoms. The van der Waals surface area contributed by atoms with Gasteiger partial charge in [-0.2, -0.15) is 0 Å². The first kappa shape index (κ1) is 23.0. The molecule has 0 aliphatic carbocycles. The first-order valence-electron chi connectivity index (χ1n) is 10.5. The van der Waals surface area contributed by atoms with E-state index in [-0.39, 0.29) is 15.9 Å². The van der Waals surface area contributed by atoms with Crippen molar-refractivity contribution in [3.8, 4) is 5.75 Å². The van der Waals surface area contributed by atoms with Gasteiger partial charge in [-0.05, 0) is 85.5 Å². The van der Waals surface area contributed by atoms with Crippen molar-refractivity contribution in [2.24, 2.45) is 0 Å². The van der Waals surface area contributed by atoms with Gasteiger partial charge in [-0.25, -0.2) is 8.42 Å². The number of sulfonamides is 1. The summed E-state index contributed by atoms with van der Waals surface area (Å²) < 4.78 is 39.7. The lowest BCUT2D eigenvalue weighted by Gasteiger charge is -2.30. The molecule has 2 heterocycles. The van der Waals surface area contributed by atoms with Crippen molar-refractivity contribution in [1.29, 1.82) is 0 Å². The van der Waals surface area contributed by atoms with Crippen molar-refractivity contribution in [3.05, 3.63) is 65.6 Å². The van der Waals surface area contributed by atoms with E-state index in [4.69, 9.17) is 20.8 Å². The second-order valence-electron chi connectivity index (χ2n) is 7.62. The van der Waals surface area contributed by atoms with E-state index in [1.807, 2.05) is 0 Å². The standard InChI is InChI=1S/C23H24ClN3O5S/c1-31-18-8-5-16(6-9-18)26-33(29,30)21-15-17(25-23(28)20-11-12-22(24)32-20)7-10-19(21)27-13-3-2-4-14-27/h5-12,15,26H,2-4,13-14H2,1H3,(H,25,28). The molecule has 1 fully saturated rings. The van der Waals surface area contributed by atoms with Crippen LogP contribution in [0.1, 0.15) is 29.8 Å². The number of rotatable bonds is 7. The van der Waals surface area contributed by atoms with E-state index in [2.05, 4.69) is 14.9 Å². The number of carbonyl (C=O) groups is 1. The number of halogens is 1. The molecule has 1 aromatic heterocycles. The van der Waals surface area contributed by atoms with Crippen molar-refractivity contribution in [2.75, 3.05) is 35.1 Å². The predicted octanol–water partition coefficient (Wildman–Crippen LogP) is 4.99. The second kappa shape index (κ2) is 9.76. The summed E-state index contributed by atoms with van der Waals surface area (Å²) in [7, 11) is -2.42. The summed E-state index contributed by atoms with van der Waals surface area (Å²) in [6.07, 6.45) is 3.09. The Morgan fingerprint density at radius 2 is 1.70 bits per heavy atom. The summed E-state index contributed by atoms with van der Waals surface area (Å²) in [6, 6.07) is 14.4. The number of anilines is 3. The van der Waals surface area contributed by atoms with Gasteiger partial charge in [0, 0.05) is 24.5 Å². The van der Waals surface area contributed by atoms with Crippen molar-refractivity contribution >= 4 is 44.6 Å². The van der Waals surface area contributed by atoms with E-state index in [0.717, 1.165) is 32.4 Å². The zero-order valence-electron chi connectivity index (χ0n) is 18.0. The maximum atomic E-state index is 13.4. The molecule has 10 heteroatoms. The third-order valence-electron chi connectivity index (χ3n) is 5.34. The lowest BCUT2D eigenvalue weighted by molar-refractivity contribution is 0.0996. The van der Waals surface area contributed by atoms with E-state index < -0.39 is 15.9 Å². The quantitative estimate of drug-likeness (QED) is 0.485. The Labute approximate surface area is 197 Å². The zero-order valence-corrected chi connectivity index (χ0v) is 19.6. The van der Waals surface area contributed by atoms with Gasteiger partial charge in [0.1, 0.15) is 10.6 Å². The highest BCUT2D eigenvalue weighted by Crippen LogP contribution is 2.32. The molecule has 3 aromatic rings. The van der Waals surface area contributed by atoms with Gasteiger partial charge < -0.3 is 19.4 Å². The molecule has 4 rings (SSSR count). The number of ether oxygens (including phenoxy) is 1. The molecule has 1 saturated heterocycles. The lowest BCUT2D eigenvalue weighted by atomic mass is 10.1. The first-order valence-corrected chi connectivity index (χ1v) is 12.3. The van der Waals surface area contributed by atoms with Crippen molar-refractivity contribution in [3.63, 3.8) is 0 Å².